The van der Waals surface area contributed by atoms with E-state index in [9.17, 15) is 0 Å². The Morgan fingerprint density at radius 1 is 0.929 bits per heavy atom. The minimum atomic E-state index is -0.0277. The zero-order valence-electron chi connectivity index (χ0n) is 16.3. The van der Waals surface area contributed by atoms with Gasteiger partial charge in [0.25, 0.3) is 0 Å². The van der Waals surface area contributed by atoms with Crippen molar-refractivity contribution in [2.45, 2.75) is 38.0 Å². The Bertz CT molecular complexity index is 1060. The molecule has 140 valence electrons. The van der Waals surface area contributed by atoms with Gasteiger partial charge in [-0.05, 0) is 70.7 Å². The molecule has 0 aromatic heterocycles. The summed E-state index contributed by atoms with van der Waals surface area (Å²) in [5.74, 6) is 0.772. The first-order chi connectivity index (χ1) is 13.6. The minimum absolute atomic E-state index is 0.0277. The van der Waals surface area contributed by atoms with Gasteiger partial charge in [0.15, 0.2) is 0 Å². The number of benzene rings is 3. The van der Waals surface area contributed by atoms with E-state index in [0.29, 0.717) is 0 Å². The summed E-state index contributed by atoms with van der Waals surface area (Å²) in [6.45, 7) is 6.95. The Morgan fingerprint density at radius 3 is 2.39 bits per heavy atom. The highest BCUT2D eigenvalue weighted by atomic mass is 35.5. The summed E-state index contributed by atoms with van der Waals surface area (Å²) in [4.78, 5) is 0. The van der Waals surface area contributed by atoms with Crippen molar-refractivity contribution in [3.63, 3.8) is 0 Å². The lowest BCUT2D eigenvalue weighted by Gasteiger charge is -2.41. The lowest BCUT2D eigenvalue weighted by atomic mass is 9.62. The number of halogens is 1. The number of fused-ring (bicyclic) bond motifs is 5. The topological polar surface area (TPSA) is 0 Å². The van der Waals surface area contributed by atoms with Crippen LogP contribution in [-0.2, 0) is 5.41 Å². The van der Waals surface area contributed by atoms with Crippen molar-refractivity contribution < 1.29 is 0 Å². The number of hydrogen-bond donors (Lipinski definition) is 0. The Morgan fingerprint density at radius 2 is 1.64 bits per heavy atom. The van der Waals surface area contributed by atoms with E-state index in [4.69, 9.17) is 11.6 Å². The predicted octanol–water partition coefficient (Wildman–Crippen LogP) is 8.04. The molecule has 0 bridgehead atoms. The molecule has 2 aliphatic rings. The van der Waals surface area contributed by atoms with Crippen molar-refractivity contribution in [2.75, 3.05) is 0 Å². The van der Waals surface area contributed by atoms with Crippen molar-refractivity contribution in [2.24, 2.45) is 5.92 Å². The zero-order valence-corrected chi connectivity index (χ0v) is 17.1. The van der Waals surface area contributed by atoms with Crippen LogP contribution in [0.3, 0.4) is 0 Å². The van der Waals surface area contributed by atoms with Crippen LogP contribution in [0.15, 0.2) is 78.9 Å². The molecule has 0 radical (unpaired) electrons. The Kier molecular flexibility index (Phi) is 4.21. The average Bonchev–Trinajstić information content (AvgIpc) is 3.02. The molecule has 1 fully saturated rings. The number of allylic oxidation sites excluding steroid dienone is 1. The summed E-state index contributed by atoms with van der Waals surface area (Å²) in [6, 6.07) is 24.0. The largest absolute Gasteiger partial charge is 0.0986 e. The minimum Gasteiger partial charge on any atom is -0.0986 e. The van der Waals surface area contributed by atoms with Crippen molar-refractivity contribution in [1.82, 2.24) is 0 Å². The molecular formula is C27H25Cl. The van der Waals surface area contributed by atoms with Crippen LogP contribution < -0.4 is 0 Å². The standard InChI is InChI=1S/C27H25Cl/c1-3-19-15-16-27(18(2)17-19)24-9-5-4-7-23(24)26-22(8-6-10-25(26)27)20-11-13-21(28)14-12-20/h4-14,19H,2-3,15-17H2,1H3. The van der Waals surface area contributed by atoms with Crippen molar-refractivity contribution in [3.8, 4) is 22.3 Å². The molecule has 0 nitrogen and oxygen atoms in total. The van der Waals surface area contributed by atoms with E-state index in [-0.39, 0.29) is 5.41 Å². The van der Waals surface area contributed by atoms with Crippen LogP contribution >= 0.6 is 11.6 Å². The van der Waals surface area contributed by atoms with Gasteiger partial charge in [0.2, 0.25) is 0 Å². The SMILES string of the molecule is C=C1CC(CC)CCC12c1ccccc1-c1c(-c3ccc(Cl)cc3)cccc12. The molecular weight excluding hydrogens is 360 g/mol. The quantitative estimate of drug-likeness (QED) is 0.392. The molecule has 0 N–H and O–H groups in total. The molecule has 28 heavy (non-hydrogen) atoms. The highest BCUT2D eigenvalue weighted by molar-refractivity contribution is 6.30. The van der Waals surface area contributed by atoms with E-state index in [1.54, 1.807) is 0 Å². The molecule has 1 spiro atoms. The second kappa shape index (κ2) is 6.64. The molecule has 0 saturated heterocycles. The summed E-state index contributed by atoms with van der Waals surface area (Å²) in [6.07, 6.45) is 4.82. The molecule has 2 aliphatic carbocycles. The predicted molar refractivity (Wildman–Crippen MR) is 120 cm³/mol. The van der Waals surface area contributed by atoms with Gasteiger partial charge in [-0.1, -0.05) is 91.7 Å². The molecule has 1 saturated carbocycles. The van der Waals surface area contributed by atoms with Gasteiger partial charge < -0.3 is 0 Å². The molecule has 3 aromatic carbocycles. The summed E-state index contributed by atoms with van der Waals surface area (Å²) in [7, 11) is 0. The van der Waals surface area contributed by atoms with Crippen LogP contribution in [0.1, 0.15) is 43.7 Å². The van der Waals surface area contributed by atoms with Gasteiger partial charge in [-0.2, -0.15) is 0 Å². The third kappa shape index (κ3) is 2.44. The van der Waals surface area contributed by atoms with Gasteiger partial charge in [0.05, 0.1) is 0 Å². The molecule has 3 aromatic rings. The smallest absolute Gasteiger partial charge is 0.0421 e. The van der Waals surface area contributed by atoms with Gasteiger partial charge >= 0.3 is 0 Å². The molecule has 2 unspecified atom stereocenters. The van der Waals surface area contributed by atoms with Gasteiger partial charge in [-0.25, -0.2) is 0 Å². The molecule has 2 atom stereocenters. The average molecular weight is 385 g/mol. The number of rotatable bonds is 2. The molecule has 5 rings (SSSR count). The number of hydrogen-bond acceptors (Lipinski definition) is 0. The molecule has 1 heteroatoms. The summed E-state index contributed by atoms with van der Waals surface area (Å²) < 4.78 is 0. The van der Waals surface area contributed by atoms with Crippen molar-refractivity contribution >= 4 is 11.6 Å². The van der Waals surface area contributed by atoms with E-state index in [1.165, 1.54) is 58.2 Å². The van der Waals surface area contributed by atoms with Gasteiger partial charge in [0, 0.05) is 10.4 Å². The highest BCUT2D eigenvalue weighted by Crippen LogP contribution is 2.60. The monoisotopic (exact) mass is 384 g/mol. The first-order valence-electron chi connectivity index (χ1n) is 10.3. The van der Waals surface area contributed by atoms with Crippen LogP contribution in [-0.4, -0.2) is 0 Å². The fraction of sp³-hybridized carbons (Fsp3) is 0.259. The molecule has 0 amide bonds. The molecule has 0 aliphatic heterocycles. The van der Waals surface area contributed by atoms with Gasteiger partial charge in [0.1, 0.15) is 0 Å². The maximum atomic E-state index is 6.15. The Hall–Kier alpha value is -2.31. The lowest BCUT2D eigenvalue weighted by Crippen LogP contribution is -2.33. The van der Waals surface area contributed by atoms with Crippen LogP contribution in [0, 0.1) is 5.92 Å². The summed E-state index contributed by atoms with van der Waals surface area (Å²) >= 11 is 6.15. The van der Waals surface area contributed by atoms with E-state index in [0.717, 1.165) is 17.4 Å². The van der Waals surface area contributed by atoms with E-state index in [2.05, 4.69) is 68.1 Å². The second-order valence-electron chi connectivity index (χ2n) is 8.31. The van der Waals surface area contributed by atoms with Crippen LogP contribution in [0.25, 0.3) is 22.3 Å². The first-order valence-corrected chi connectivity index (χ1v) is 10.7. The lowest BCUT2D eigenvalue weighted by molar-refractivity contribution is 0.338. The summed E-state index contributed by atoms with van der Waals surface area (Å²) in [5.41, 5.74) is 9.54. The second-order valence-corrected chi connectivity index (χ2v) is 8.74. The first kappa shape index (κ1) is 17.8. The summed E-state index contributed by atoms with van der Waals surface area (Å²) in [5, 5.41) is 0.777. The van der Waals surface area contributed by atoms with E-state index >= 15 is 0 Å². The fourth-order valence-electron chi connectivity index (χ4n) is 5.51. The normalized spacial score (nSPS) is 22.9. The van der Waals surface area contributed by atoms with Crippen LogP contribution in [0.4, 0.5) is 0 Å². The van der Waals surface area contributed by atoms with E-state index < -0.39 is 0 Å². The molecule has 0 heterocycles. The third-order valence-electron chi connectivity index (χ3n) is 6.98. The van der Waals surface area contributed by atoms with E-state index in [1.807, 2.05) is 12.1 Å². The maximum absolute atomic E-state index is 6.15. The third-order valence-corrected chi connectivity index (χ3v) is 7.23. The van der Waals surface area contributed by atoms with Gasteiger partial charge in [-0.15, -0.1) is 0 Å². The van der Waals surface area contributed by atoms with Crippen molar-refractivity contribution in [3.05, 3.63) is 95.0 Å². The van der Waals surface area contributed by atoms with Gasteiger partial charge in [-0.3, -0.25) is 0 Å². The van der Waals surface area contributed by atoms with Crippen molar-refractivity contribution in [1.29, 1.82) is 0 Å². The zero-order chi connectivity index (χ0) is 19.3. The fourth-order valence-corrected chi connectivity index (χ4v) is 5.63. The Balaban J connectivity index is 1.77. The van der Waals surface area contributed by atoms with Crippen LogP contribution in [0.2, 0.25) is 5.02 Å². The maximum Gasteiger partial charge on any atom is 0.0421 e. The van der Waals surface area contributed by atoms with Crippen LogP contribution in [0.5, 0.6) is 0 Å². The Labute approximate surface area is 172 Å². The highest BCUT2D eigenvalue weighted by Gasteiger charge is 2.47.